The van der Waals surface area contributed by atoms with Gasteiger partial charge in [-0.2, -0.15) is 13.2 Å². The predicted molar refractivity (Wildman–Crippen MR) is 120 cm³/mol. The smallest absolute Gasteiger partial charge is 0.449 e. The van der Waals surface area contributed by atoms with Crippen LogP contribution in [-0.2, 0) is 22.7 Å². The topological polar surface area (TPSA) is 78.7 Å². The highest BCUT2D eigenvalue weighted by molar-refractivity contribution is 7.92. The van der Waals surface area contributed by atoms with Crippen LogP contribution >= 0.6 is 22.9 Å². The Kier molecular flexibility index (Phi) is 6.82. The number of hydrogen-bond donors (Lipinski definition) is 1. The lowest BCUT2D eigenvalue weighted by Gasteiger charge is -2.28. The number of likely N-dealkylation sites (N-methyl/N-ethyl adjacent to an activating group) is 1. The van der Waals surface area contributed by atoms with E-state index in [9.17, 15) is 26.0 Å². The van der Waals surface area contributed by atoms with E-state index in [0.29, 0.717) is 25.2 Å². The molecule has 1 aliphatic heterocycles. The molecule has 0 bridgehead atoms. The fourth-order valence-corrected chi connectivity index (χ4v) is 5.76. The molecule has 4 rings (SSSR count). The van der Waals surface area contributed by atoms with E-state index < -0.39 is 32.7 Å². The molecule has 0 spiro atoms. The van der Waals surface area contributed by atoms with Gasteiger partial charge in [0.05, 0.1) is 22.8 Å². The van der Waals surface area contributed by atoms with Crippen molar-refractivity contribution in [3.8, 4) is 0 Å². The predicted octanol–water partition coefficient (Wildman–Crippen LogP) is 5.06. The molecule has 184 valence electrons. The molecule has 0 radical (unpaired) electrons. The van der Waals surface area contributed by atoms with Gasteiger partial charge >= 0.3 is 6.18 Å². The molecule has 7 nitrogen and oxygen atoms in total. The summed E-state index contributed by atoms with van der Waals surface area (Å²) in [5, 5.41) is 1.51. The minimum Gasteiger partial charge on any atom is -0.455 e. The Morgan fingerprint density at radius 1 is 1.35 bits per heavy atom. The van der Waals surface area contributed by atoms with Crippen molar-refractivity contribution in [2.24, 2.45) is 0 Å². The molecule has 0 unspecified atom stereocenters. The Morgan fingerprint density at radius 2 is 2.12 bits per heavy atom. The molecule has 34 heavy (non-hydrogen) atoms. The highest BCUT2D eigenvalue weighted by Gasteiger charge is 2.35. The van der Waals surface area contributed by atoms with E-state index in [4.69, 9.17) is 16.0 Å². The van der Waals surface area contributed by atoms with Gasteiger partial charge in [0.1, 0.15) is 16.5 Å². The molecule has 14 heteroatoms. The molecular formula is C20H19ClF4N4O3S2. The SMILES string of the molecule is CN(c1cc(F)c(S(=O)(=O)Nc2cscn2)cc1Cl)[C@H]1CCN(Cc2ccc(C(F)(F)F)o2)C1. The van der Waals surface area contributed by atoms with Gasteiger partial charge in [0.2, 0.25) is 5.76 Å². The van der Waals surface area contributed by atoms with Gasteiger partial charge < -0.3 is 9.32 Å². The van der Waals surface area contributed by atoms with Crippen LogP contribution in [-0.4, -0.2) is 44.5 Å². The first-order chi connectivity index (χ1) is 15.9. The number of benzene rings is 1. The van der Waals surface area contributed by atoms with Gasteiger partial charge in [-0.15, -0.1) is 11.3 Å². The molecule has 1 atom stereocenters. The van der Waals surface area contributed by atoms with E-state index in [1.807, 2.05) is 4.90 Å². The van der Waals surface area contributed by atoms with E-state index in [2.05, 4.69) is 9.71 Å². The number of nitrogens with zero attached hydrogens (tertiary/aromatic N) is 3. The summed E-state index contributed by atoms with van der Waals surface area (Å²) in [6.07, 6.45) is -3.89. The molecule has 0 aliphatic carbocycles. The third kappa shape index (κ3) is 5.32. The van der Waals surface area contributed by atoms with Gasteiger partial charge in [0, 0.05) is 37.6 Å². The fourth-order valence-electron chi connectivity index (χ4n) is 3.75. The van der Waals surface area contributed by atoms with Crippen molar-refractivity contribution in [2.45, 2.75) is 30.1 Å². The van der Waals surface area contributed by atoms with Crippen LogP contribution in [0.25, 0.3) is 0 Å². The Bertz CT molecular complexity index is 1270. The minimum atomic E-state index is -4.54. The number of nitrogens with one attached hydrogen (secondary N) is 1. The van der Waals surface area contributed by atoms with Crippen LogP contribution in [0, 0.1) is 5.82 Å². The maximum atomic E-state index is 14.8. The summed E-state index contributed by atoms with van der Waals surface area (Å²) in [5.74, 6) is -1.75. The summed E-state index contributed by atoms with van der Waals surface area (Å²) in [6.45, 7) is 1.26. The van der Waals surface area contributed by atoms with Crippen molar-refractivity contribution in [1.29, 1.82) is 0 Å². The van der Waals surface area contributed by atoms with Gasteiger partial charge in [-0.3, -0.25) is 9.62 Å². The van der Waals surface area contributed by atoms with Gasteiger partial charge in [0.15, 0.2) is 5.82 Å². The van der Waals surface area contributed by atoms with Crippen molar-refractivity contribution in [2.75, 3.05) is 29.8 Å². The van der Waals surface area contributed by atoms with Gasteiger partial charge in [-0.1, -0.05) is 11.6 Å². The quantitative estimate of drug-likeness (QED) is 0.424. The molecule has 3 heterocycles. The average Bonchev–Trinajstić information content (AvgIpc) is 3.50. The van der Waals surface area contributed by atoms with E-state index in [1.54, 1.807) is 11.9 Å². The number of aromatic nitrogens is 1. The van der Waals surface area contributed by atoms with E-state index >= 15 is 0 Å². The van der Waals surface area contributed by atoms with E-state index in [-0.39, 0.29) is 29.2 Å². The molecule has 1 N–H and O–H groups in total. The van der Waals surface area contributed by atoms with Crippen LogP contribution in [0.3, 0.4) is 0 Å². The first-order valence-electron chi connectivity index (χ1n) is 9.95. The van der Waals surface area contributed by atoms with Crippen molar-refractivity contribution < 1.29 is 30.4 Å². The molecule has 1 saturated heterocycles. The van der Waals surface area contributed by atoms with Gasteiger partial charge in [0.25, 0.3) is 10.0 Å². The zero-order valence-electron chi connectivity index (χ0n) is 17.6. The van der Waals surface area contributed by atoms with Crippen LogP contribution in [0.4, 0.5) is 29.1 Å². The standard InChI is InChI=1S/C20H19ClF4N4O3S2/c1-28(12-4-5-29(8-12)9-13-2-3-18(32-13)20(23,24)25)16-7-15(22)17(6-14(16)21)34(30,31)27-19-10-33-11-26-19/h2-3,6-7,10-12,27H,4-5,8-9H2,1H3/t12-/m0/s1. The summed E-state index contributed by atoms with van der Waals surface area (Å²) in [6, 6.07) is 4.18. The molecular weight excluding hydrogens is 520 g/mol. The number of rotatable bonds is 7. The number of alkyl halides is 3. The van der Waals surface area contributed by atoms with Gasteiger partial charge in [-0.05, 0) is 24.6 Å². The Labute approximate surface area is 202 Å². The maximum Gasteiger partial charge on any atom is 0.449 e. The van der Waals surface area contributed by atoms with Crippen LogP contribution in [0.5, 0.6) is 0 Å². The minimum absolute atomic E-state index is 0.0434. The Hall–Kier alpha value is -2.35. The zero-order chi connectivity index (χ0) is 24.7. The number of likely N-dealkylation sites (tertiary alicyclic amines) is 1. The second kappa shape index (κ2) is 9.36. The Morgan fingerprint density at radius 3 is 2.76 bits per heavy atom. The van der Waals surface area contributed by atoms with Crippen molar-refractivity contribution >= 4 is 44.5 Å². The molecule has 2 aromatic heterocycles. The van der Waals surface area contributed by atoms with Crippen LogP contribution in [0.15, 0.2) is 44.5 Å². The number of halogens is 5. The van der Waals surface area contributed by atoms with Crippen molar-refractivity contribution in [3.05, 3.63) is 57.5 Å². The number of thiazole rings is 1. The lowest BCUT2D eigenvalue weighted by molar-refractivity contribution is -0.153. The van der Waals surface area contributed by atoms with Crippen LogP contribution in [0.2, 0.25) is 5.02 Å². The third-order valence-corrected chi connectivity index (χ3v) is 7.72. The lowest BCUT2D eigenvalue weighted by Crippen LogP contribution is -2.34. The summed E-state index contributed by atoms with van der Waals surface area (Å²) in [4.78, 5) is 6.87. The number of anilines is 2. The van der Waals surface area contributed by atoms with Crippen molar-refractivity contribution in [3.63, 3.8) is 0 Å². The van der Waals surface area contributed by atoms with E-state index in [1.165, 1.54) is 28.3 Å². The molecule has 1 aromatic carbocycles. The van der Waals surface area contributed by atoms with Crippen LogP contribution < -0.4 is 9.62 Å². The molecule has 0 amide bonds. The van der Waals surface area contributed by atoms with Crippen LogP contribution in [0.1, 0.15) is 17.9 Å². The highest BCUT2D eigenvalue weighted by Crippen LogP contribution is 2.34. The monoisotopic (exact) mass is 538 g/mol. The van der Waals surface area contributed by atoms with Crippen molar-refractivity contribution in [1.82, 2.24) is 9.88 Å². The number of furan rings is 1. The highest BCUT2D eigenvalue weighted by atomic mass is 35.5. The third-order valence-electron chi connectivity index (χ3n) is 5.46. The summed E-state index contributed by atoms with van der Waals surface area (Å²) >= 11 is 7.51. The lowest BCUT2D eigenvalue weighted by atomic mass is 10.2. The average molecular weight is 539 g/mol. The molecule has 0 saturated carbocycles. The summed E-state index contributed by atoms with van der Waals surface area (Å²) in [5.41, 5.74) is 1.74. The normalized spacial score (nSPS) is 17.3. The zero-order valence-corrected chi connectivity index (χ0v) is 20.0. The fraction of sp³-hybridized carbons (Fsp3) is 0.350. The second-order valence-corrected chi connectivity index (χ2v) is 10.5. The number of hydrogen-bond acceptors (Lipinski definition) is 7. The molecule has 1 fully saturated rings. The maximum absolute atomic E-state index is 14.8. The van der Waals surface area contributed by atoms with Gasteiger partial charge in [-0.25, -0.2) is 17.8 Å². The second-order valence-electron chi connectivity index (χ2n) is 7.77. The van der Waals surface area contributed by atoms with E-state index in [0.717, 1.165) is 18.2 Å². The first-order valence-corrected chi connectivity index (χ1v) is 12.8. The largest absolute Gasteiger partial charge is 0.455 e. The summed E-state index contributed by atoms with van der Waals surface area (Å²) in [7, 11) is -2.53. The first kappa shape index (κ1) is 24.8. The molecule has 3 aromatic rings. The molecule has 1 aliphatic rings. The Balaban J connectivity index is 1.45. The number of sulfonamides is 1. The summed E-state index contributed by atoms with van der Waals surface area (Å²) < 4.78 is 85.2.